The first-order valence-electron chi connectivity index (χ1n) is 8.25. The Morgan fingerprint density at radius 1 is 1.08 bits per heavy atom. The zero-order chi connectivity index (χ0) is 17.9. The molecule has 0 saturated carbocycles. The molecular weight excluding hydrogens is 338 g/mol. The molecule has 0 unspecified atom stereocenters. The number of alkyl halides is 2. The van der Waals surface area contributed by atoms with Gasteiger partial charge >= 0.3 is 6.61 Å². The second kappa shape index (κ2) is 7.03. The van der Waals surface area contributed by atoms with Crippen LogP contribution in [-0.2, 0) is 13.0 Å². The minimum Gasteiger partial charge on any atom is -0.435 e. The van der Waals surface area contributed by atoms with Gasteiger partial charge in [0.05, 0.1) is 5.69 Å². The van der Waals surface area contributed by atoms with Crippen LogP contribution in [0.4, 0.5) is 14.5 Å². The van der Waals surface area contributed by atoms with Gasteiger partial charge in [0.2, 0.25) is 0 Å². The van der Waals surface area contributed by atoms with E-state index in [2.05, 4.69) is 24.6 Å². The highest BCUT2D eigenvalue weighted by molar-refractivity contribution is 5.54. The van der Waals surface area contributed by atoms with Crippen molar-refractivity contribution in [1.82, 2.24) is 15.0 Å². The van der Waals surface area contributed by atoms with Crippen molar-refractivity contribution in [3.63, 3.8) is 0 Å². The molecule has 1 aliphatic heterocycles. The lowest BCUT2D eigenvalue weighted by Gasteiger charge is -2.30. The first kappa shape index (κ1) is 16.4. The summed E-state index contributed by atoms with van der Waals surface area (Å²) in [5, 5.41) is 0. The molecule has 3 heterocycles. The van der Waals surface area contributed by atoms with Crippen LogP contribution in [0.2, 0.25) is 0 Å². The number of anilines is 1. The molecule has 0 amide bonds. The first-order chi connectivity index (χ1) is 12.7. The van der Waals surface area contributed by atoms with Gasteiger partial charge in [-0.25, -0.2) is 9.97 Å². The van der Waals surface area contributed by atoms with Crippen LogP contribution in [0.15, 0.2) is 54.9 Å². The number of nitrogens with zero attached hydrogens (tertiary/aromatic N) is 4. The number of rotatable bonds is 4. The molecule has 26 heavy (non-hydrogen) atoms. The minimum absolute atomic E-state index is 0.157. The molecule has 0 bridgehead atoms. The van der Waals surface area contributed by atoms with Crippen LogP contribution in [0.1, 0.15) is 11.3 Å². The summed E-state index contributed by atoms with van der Waals surface area (Å²) < 4.78 is 29.3. The lowest BCUT2D eigenvalue weighted by molar-refractivity contribution is -0.0498. The van der Waals surface area contributed by atoms with E-state index < -0.39 is 6.61 Å². The zero-order valence-corrected chi connectivity index (χ0v) is 13.8. The fourth-order valence-corrected chi connectivity index (χ4v) is 3.01. The van der Waals surface area contributed by atoms with E-state index in [0.29, 0.717) is 12.4 Å². The highest BCUT2D eigenvalue weighted by Crippen LogP contribution is 2.27. The minimum atomic E-state index is -2.83. The Labute approximate surface area is 149 Å². The highest BCUT2D eigenvalue weighted by atomic mass is 19.3. The van der Waals surface area contributed by atoms with Gasteiger partial charge in [-0.1, -0.05) is 12.1 Å². The van der Waals surface area contributed by atoms with Crippen LogP contribution in [0.3, 0.4) is 0 Å². The van der Waals surface area contributed by atoms with E-state index >= 15 is 0 Å². The number of ether oxygens (including phenoxy) is 1. The Morgan fingerprint density at radius 2 is 2.00 bits per heavy atom. The Kier molecular flexibility index (Phi) is 4.43. The van der Waals surface area contributed by atoms with Gasteiger partial charge in [-0.05, 0) is 24.3 Å². The van der Waals surface area contributed by atoms with Crippen LogP contribution in [0.5, 0.6) is 5.75 Å². The molecule has 132 valence electrons. The van der Waals surface area contributed by atoms with Crippen molar-refractivity contribution >= 4 is 5.69 Å². The fourth-order valence-electron chi connectivity index (χ4n) is 3.01. The van der Waals surface area contributed by atoms with E-state index in [0.717, 1.165) is 35.6 Å². The van der Waals surface area contributed by atoms with Crippen molar-refractivity contribution in [2.75, 3.05) is 11.4 Å². The number of pyridine rings is 1. The molecule has 0 spiro atoms. The lowest BCUT2D eigenvalue weighted by Crippen LogP contribution is -2.31. The standard InChI is InChI=1S/C19H16F2N4O/c20-19(21)26-15-5-3-4-14(10-15)25-9-7-16-13(12-25)11-23-18(24-16)17-6-1-2-8-22-17/h1-6,8,10-11,19H,7,9,12H2. The van der Waals surface area contributed by atoms with E-state index in [4.69, 9.17) is 0 Å². The molecule has 0 N–H and O–H groups in total. The number of benzene rings is 1. The van der Waals surface area contributed by atoms with Crippen molar-refractivity contribution in [3.8, 4) is 17.3 Å². The SMILES string of the molecule is FC(F)Oc1cccc(N2CCc3nc(-c4ccccn4)ncc3C2)c1. The second-order valence-electron chi connectivity index (χ2n) is 5.93. The predicted octanol–water partition coefficient (Wildman–Crippen LogP) is 3.70. The van der Waals surface area contributed by atoms with Crippen LogP contribution < -0.4 is 9.64 Å². The molecule has 1 aliphatic rings. The van der Waals surface area contributed by atoms with E-state index in [-0.39, 0.29) is 5.75 Å². The maximum Gasteiger partial charge on any atom is 0.387 e. The van der Waals surface area contributed by atoms with Crippen LogP contribution in [-0.4, -0.2) is 28.1 Å². The van der Waals surface area contributed by atoms with Crippen molar-refractivity contribution in [3.05, 3.63) is 66.1 Å². The van der Waals surface area contributed by atoms with Gasteiger partial charge in [0, 0.05) is 49.2 Å². The van der Waals surface area contributed by atoms with Crippen molar-refractivity contribution in [1.29, 1.82) is 0 Å². The lowest BCUT2D eigenvalue weighted by atomic mass is 10.1. The molecule has 0 atom stereocenters. The van der Waals surface area contributed by atoms with Crippen molar-refractivity contribution in [2.24, 2.45) is 0 Å². The number of hydrogen-bond acceptors (Lipinski definition) is 5. The van der Waals surface area contributed by atoms with Crippen LogP contribution in [0, 0.1) is 0 Å². The maximum absolute atomic E-state index is 12.4. The third-order valence-corrected chi connectivity index (χ3v) is 4.24. The molecule has 4 rings (SSSR count). The van der Waals surface area contributed by atoms with Gasteiger partial charge in [0.1, 0.15) is 11.4 Å². The van der Waals surface area contributed by atoms with Crippen LogP contribution >= 0.6 is 0 Å². The van der Waals surface area contributed by atoms with E-state index in [1.54, 1.807) is 18.3 Å². The van der Waals surface area contributed by atoms with E-state index in [9.17, 15) is 8.78 Å². The quantitative estimate of drug-likeness (QED) is 0.715. The molecule has 5 nitrogen and oxygen atoms in total. The number of fused-ring (bicyclic) bond motifs is 1. The predicted molar refractivity (Wildman–Crippen MR) is 93.1 cm³/mol. The topological polar surface area (TPSA) is 51.1 Å². The second-order valence-corrected chi connectivity index (χ2v) is 5.93. The molecular formula is C19H16F2N4O. The molecule has 2 aromatic heterocycles. The highest BCUT2D eigenvalue weighted by Gasteiger charge is 2.20. The van der Waals surface area contributed by atoms with Gasteiger partial charge in [-0.3, -0.25) is 4.98 Å². The Balaban J connectivity index is 1.55. The van der Waals surface area contributed by atoms with Gasteiger partial charge in [-0.2, -0.15) is 8.78 Å². The molecule has 0 saturated heterocycles. The summed E-state index contributed by atoms with van der Waals surface area (Å²) in [6.45, 7) is -1.47. The van der Waals surface area contributed by atoms with Gasteiger partial charge < -0.3 is 9.64 Å². The van der Waals surface area contributed by atoms with Crippen molar-refractivity contribution in [2.45, 2.75) is 19.6 Å². The third kappa shape index (κ3) is 3.46. The molecule has 7 heteroatoms. The fraction of sp³-hybridized carbons (Fsp3) is 0.211. The average Bonchev–Trinajstić information content (AvgIpc) is 2.67. The van der Waals surface area contributed by atoms with E-state index in [1.807, 2.05) is 30.5 Å². The van der Waals surface area contributed by atoms with Gasteiger partial charge in [0.15, 0.2) is 5.82 Å². The largest absolute Gasteiger partial charge is 0.435 e. The summed E-state index contributed by atoms with van der Waals surface area (Å²) in [7, 11) is 0. The van der Waals surface area contributed by atoms with Crippen LogP contribution in [0.25, 0.3) is 11.5 Å². The monoisotopic (exact) mass is 354 g/mol. The molecule has 0 fully saturated rings. The van der Waals surface area contributed by atoms with Crippen molar-refractivity contribution < 1.29 is 13.5 Å². The Hall–Kier alpha value is -3.09. The van der Waals surface area contributed by atoms with Gasteiger partial charge in [0.25, 0.3) is 0 Å². The zero-order valence-electron chi connectivity index (χ0n) is 13.8. The number of hydrogen-bond donors (Lipinski definition) is 0. The summed E-state index contributed by atoms with van der Waals surface area (Å²) in [6.07, 6.45) is 4.28. The Morgan fingerprint density at radius 3 is 2.81 bits per heavy atom. The summed E-state index contributed by atoms with van der Waals surface area (Å²) in [6, 6.07) is 12.4. The summed E-state index contributed by atoms with van der Waals surface area (Å²) >= 11 is 0. The molecule has 0 aliphatic carbocycles. The normalized spacial score (nSPS) is 13.6. The van der Waals surface area contributed by atoms with E-state index in [1.165, 1.54) is 6.07 Å². The summed E-state index contributed by atoms with van der Waals surface area (Å²) in [4.78, 5) is 15.5. The summed E-state index contributed by atoms with van der Waals surface area (Å²) in [5.41, 5.74) is 3.60. The Bertz CT molecular complexity index is 905. The first-order valence-corrected chi connectivity index (χ1v) is 8.25. The molecule has 3 aromatic rings. The van der Waals surface area contributed by atoms with Gasteiger partial charge in [-0.15, -0.1) is 0 Å². The third-order valence-electron chi connectivity index (χ3n) is 4.24. The average molecular weight is 354 g/mol. The number of aromatic nitrogens is 3. The smallest absolute Gasteiger partial charge is 0.387 e. The molecule has 0 radical (unpaired) electrons. The molecule has 1 aromatic carbocycles. The maximum atomic E-state index is 12.4. The summed E-state index contributed by atoms with van der Waals surface area (Å²) in [5.74, 6) is 0.773. The number of halogens is 2.